The molecule has 2 heterocycles. The van der Waals surface area contributed by atoms with Gasteiger partial charge < -0.3 is 15.1 Å². The molecule has 12 heteroatoms. The Kier molecular flexibility index (Phi) is 7.28. The van der Waals surface area contributed by atoms with Crippen molar-refractivity contribution in [2.45, 2.75) is 19.5 Å². The molecule has 1 saturated heterocycles. The van der Waals surface area contributed by atoms with Crippen LogP contribution in [-0.2, 0) is 9.59 Å². The van der Waals surface area contributed by atoms with Crippen LogP contribution in [0.4, 0.5) is 23.2 Å². The number of aromatic nitrogens is 1. The maximum atomic E-state index is 14.3. The van der Waals surface area contributed by atoms with E-state index in [0.29, 0.717) is 36.1 Å². The Hall–Kier alpha value is -3.13. The van der Waals surface area contributed by atoms with Crippen LogP contribution in [0.2, 0.25) is 5.02 Å². The molecule has 31 heavy (non-hydrogen) atoms. The summed E-state index contributed by atoms with van der Waals surface area (Å²) in [5, 5.41) is 26.3. The fraction of sp³-hybridized carbons (Fsp3) is 0.368. The number of rotatable bonds is 2. The highest BCUT2D eigenvalue weighted by Gasteiger charge is 2.38. The predicted octanol–water partition coefficient (Wildman–Crippen LogP) is 4.08. The number of nitrogens with zero attached hydrogens (tertiary/aromatic N) is 3. The van der Waals surface area contributed by atoms with Crippen molar-refractivity contribution in [1.82, 2.24) is 4.98 Å². The number of nitriles is 1. The molecule has 0 bridgehead atoms. The number of hydrogen-bond acceptors (Lipinski definition) is 5. The summed E-state index contributed by atoms with van der Waals surface area (Å²) in [7, 11) is 0. The number of alkyl halides is 3. The molecule has 1 aromatic heterocycles. The summed E-state index contributed by atoms with van der Waals surface area (Å²) in [6.45, 7) is 2.84. The molecule has 0 saturated carbocycles. The molecule has 1 aliphatic rings. The van der Waals surface area contributed by atoms with Gasteiger partial charge >= 0.3 is 18.1 Å². The van der Waals surface area contributed by atoms with Gasteiger partial charge in [-0.3, -0.25) is 9.78 Å². The van der Waals surface area contributed by atoms with Gasteiger partial charge in [-0.15, -0.1) is 0 Å². The summed E-state index contributed by atoms with van der Waals surface area (Å²) < 4.78 is 46.0. The van der Waals surface area contributed by atoms with Gasteiger partial charge in [0.05, 0.1) is 22.2 Å². The average Bonchev–Trinajstić information content (AvgIpc) is 2.69. The van der Waals surface area contributed by atoms with Gasteiger partial charge in [-0.05, 0) is 24.5 Å². The van der Waals surface area contributed by atoms with Crippen LogP contribution < -0.4 is 4.90 Å². The standard InChI is InChI=1S/C17H15ClFN3O2.C2HF3O2/c1-9-8-22(5-4-11(9)17(23)24)16-10(6-20)7-21-15-12(16)2-3-13(18)14(15)19;3-2(4,5)1(6)7/h2-3,7,9,11H,4-5,8H2,1H3,(H,23,24);(H,6,7)/t9-,11+;/m0./s1. The lowest BCUT2D eigenvalue weighted by Gasteiger charge is -2.37. The summed E-state index contributed by atoms with van der Waals surface area (Å²) >= 11 is 5.82. The van der Waals surface area contributed by atoms with E-state index in [0.717, 1.165) is 0 Å². The normalized spacial score (nSPS) is 18.7. The summed E-state index contributed by atoms with van der Waals surface area (Å²) in [4.78, 5) is 26.1. The van der Waals surface area contributed by atoms with Gasteiger partial charge in [0.1, 0.15) is 11.6 Å². The molecule has 1 aromatic carbocycles. The summed E-state index contributed by atoms with van der Waals surface area (Å²) in [6.07, 6.45) is -3.27. The highest BCUT2D eigenvalue weighted by atomic mass is 35.5. The minimum atomic E-state index is -5.08. The van der Waals surface area contributed by atoms with Crippen LogP contribution >= 0.6 is 11.6 Å². The molecule has 0 unspecified atom stereocenters. The summed E-state index contributed by atoms with van der Waals surface area (Å²) in [5.41, 5.74) is 1.04. The molecule has 1 fully saturated rings. The van der Waals surface area contributed by atoms with Crippen molar-refractivity contribution in [3.05, 3.63) is 34.7 Å². The lowest BCUT2D eigenvalue weighted by atomic mass is 9.86. The molecule has 7 nitrogen and oxygen atoms in total. The molecule has 0 spiro atoms. The smallest absolute Gasteiger partial charge is 0.481 e. The van der Waals surface area contributed by atoms with E-state index >= 15 is 0 Å². The van der Waals surface area contributed by atoms with Gasteiger partial charge in [0.25, 0.3) is 0 Å². The largest absolute Gasteiger partial charge is 0.490 e. The van der Waals surface area contributed by atoms with Crippen LogP contribution in [0.5, 0.6) is 0 Å². The number of piperidine rings is 1. The first kappa shape index (κ1) is 24.1. The van der Waals surface area contributed by atoms with E-state index in [4.69, 9.17) is 21.5 Å². The summed E-state index contributed by atoms with van der Waals surface area (Å²) in [6, 6.07) is 5.19. The topological polar surface area (TPSA) is 115 Å². The molecule has 1 aliphatic heterocycles. The number of carbonyl (C=O) groups is 2. The molecule has 2 aromatic rings. The third-order valence-corrected chi connectivity index (χ3v) is 5.10. The first-order valence-corrected chi connectivity index (χ1v) is 9.21. The quantitative estimate of drug-likeness (QED) is 0.647. The summed E-state index contributed by atoms with van der Waals surface area (Å²) in [5.74, 6) is -4.67. The number of fused-ring (bicyclic) bond motifs is 1. The Labute approximate surface area is 178 Å². The number of hydrogen-bond donors (Lipinski definition) is 2. The fourth-order valence-electron chi connectivity index (χ4n) is 3.33. The van der Waals surface area contributed by atoms with Crippen molar-refractivity contribution < 1.29 is 37.4 Å². The Bertz CT molecular complexity index is 1060. The fourth-order valence-corrected chi connectivity index (χ4v) is 3.48. The highest BCUT2D eigenvalue weighted by molar-refractivity contribution is 6.31. The van der Waals surface area contributed by atoms with Crippen LogP contribution in [0.15, 0.2) is 18.3 Å². The van der Waals surface area contributed by atoms with Crippen molar-refractivity contribution in [3.8, 4) is 6.07 Å². The van der Waals surface area contributed by atoms with E-state index in [-0.39, 0.29) is 16.5 Å². The van der Waals surface area contributed by atoms with Crippen LogP contribution in [0.3, 0.4) is 0 Å². The van der Waals surface area contributed by atoms with Gasteiger partial charge in [0.15, 0.2) is 5.82 Å². The molecule has 0 aliphatic carbocycles. The second-order valence-corrected chi connectivity index (χ2v) is 7.26. The number of aliphatic carboxylic acids is 2. The Morgan fingerprint density at radius 2 is 1.94 bits per heavy atom. The predicted molar refractivity (Wildman–Crippen MR) is 102 cm³/mol. The van der Waals surface area contributed by atoms with Crippen LogP contribution in [0.1, 0.15) is 18.9 Å². The Morgan fingerprint density at radius 1 is 1.32 bits per heavy atom. The van der Waals surface area contributed by atoms with E-state index in [9.17, 15) is 32.7 Å². The minimum Gasteiger partial charge on any atom is -0.481 e. The molecule has 3 rings (SSSR count). The average molecular weight is 462 g/mol. The molecular weight excluding hydrogens is 446 g/mol. The van der Waals surface area contributed by atoms with Crippen LogP contribution in [0, 0.1) is 29.0 Å². The van der Waals surface area contributed by atoms with Crippen molar-refractivity contribution in [2.75, 3.05) is 18.0 Å². The van der Waals surface area contributed by atoms with Crippen molar-refractivity contribution in [2.24, 2.45) is 11.8 Å². The third-order valence-electron chi connectivity index (χ3n) is 4.80. The van der Waals surface area contributed by atoms with E-state index in [1.807, 2.05) is 11.8 Å². The van der Waals surface area contributed by atoms with Crippen LogP contribution in [-0.4, -0.2) is 46.4 Å². The minimum absolute atomic E-state index is 0.0244. The lowest BCUT2D eigenvalue weighted by Crippen LogP contribution is -2.42. The molecule has 2 N–H and O–H groups in total. The zero-order chi connectivity index (χ0) is 23.5. The number of benzene rings is 1. The van der Waals surface area contributed by atoms with E-state index in [2.05, 4.69) is 11.1 Å². The Balaban J connectivity index is 0.000000423. The maximum absolute atomic E-state index is 14.3. The number of pyridine rings is 1. The second kappa shape index (κ2) is 9.34. The van der Waals surface area contributed by atoms with Crippen molar-refractivity contribution >= 4 is 40.1 Å². The van der Waals surface area contributed by atoms with Crippen LogP contribution in [0.25, 0.3) is 10.9 Å². The number of carboxylic acid groups (broad SMARTS) is 2. The van der Waals surface area contributed by atoms with Gasteiger partial charge in [-0.1, -0.05) is 18.5 Å². The Morgan fingerprint density at radius 3 is 2.42 bits per heavy atom. The van der Waals surface area contributed by atoms with Gasteiger partial charge in [0.2, 0.25) is 0 Å². The van der Waals surface area contributed by atoms with E-state index in [1.54, 1.807) is 6.07 Å². The monoisotopic (exact) mass is 461 g/mol. The number of carboxylic acids is 2. The van der Waals surface area contributed by atoms with E-state index in [1.165, 1.54) is 12.3 Å². The van der Waals surface area contributed by atoms with Gasteiger partial charge in [-0.25, -0.2) is 9.18 Å². The zero-order valence-electron chi connectivity index (χ0n) is 16.0. The van der Waals surface area contributed by atoms with Crippen molar-refractivity contribution in [1.29, 1.82) is 5.26 Å². The van der Waals surface area contributed by atoms with Gasteiger partial charge in [-0.2, -0.15) is 18.4 Å². The van der Waals surface area contributed by atoms with E-state index < -0.39 is 29.9 Å². The first-order valence-electron chi connectivity index (χ1n) is 8.83. The number of anilines is 1. The number of halogens is 5. The molecule has 166 valence electrons. The SMILES string of the molecule is C[C@H]1CN(c2c(C#N)cnc3c(F)c(Cl)ccc23)CC[C@H]1C(=O)O.O=C(O)C(F)(F)F. The molecule has 2 atom stereocenters. The zero-order valence-corrected chi connectivity index (χ0v) is 16.7. The van der Waals surface area contributed by atoms with Crippen molar-refractivity contribution in [3.63, 3.8) is 0 Å². The highest BCUT2D eigenvalue weighted by Crippen LogP contribution is 2.36. The lowest BCUT2D eigenvalue weighted by molar-refractivity contribution is -0.192. The second-order valence-electron chi connectivity index (χ2n) is 6.85. The third kappa shape index (κ3) is 5.32. The molecular formula is C19H16ClF4N3O4. The first-order chi connectivity index (χ1) is 14.4. The van der Waals surface area contributed by atoms with Gasteiger partial charge in [0, 0.05) is 24.7 Å². The maximum Gasteiger partial charge on any atom is 0.490 e. The molecule has 0 radical (unpaired) electrons. The molecule has 0 amide bonds.